The van der Waals surface area contributed by atoms with E-state index in [-0.39, 0.29) is 0 Å². The molecule has 1 aliphatic rings. The fourth-order valence-corrected chi connectivity index (χ4v) is 2.34. The largest absolute Gasteiger partial charge is 0.369 e. The summed E-state index contributed by atoms with van der Waals surface area (Å²) < 4.78 is 5.84. The van der Waals surface area contributed by atoms with Gasteiger partial charge in [0.2, 0.25) is 0 Å². The van der Waals surface area contributed by atoms with Crippen LogP contribution in [0.2, 0.25) is 0 Å². The van der Waals surface area contributed by atoms with Gasteiger partial charge in [-0.25, -0.2) is 0 Å². The standard InChI is InChI=1S/C14H21NO/c1-3-15(4-2)10-9-14-13-8-6-5-7-12(13)11-16-14/h5-8,14H,3-4,9-11H2,1-2H3. The van der Waals surface area contributed by atoms with Gasteiger partial charge in [0, 0.05) is 6.54 Å². The molecule has 2 heteroatoms. The minimum atomic E-state index is 0.316. The molecule has 88 valence electrons. The Morgan fingerprint density at radius 3 is 2.75 bits per heavy atom. The van der Waals surface area contributed by atoms with Gasteiger partial charge in [-0.3, -0.25) is 0 Å². The van der Waals surface area contributed by atoms with E-state index < -0.39 is 0 Å². The summed E-state index contributed by atoms with van der Waals surface area (Å²) >= 11 is 0. The highest BCUT2D eigenvalue weighted by Crippen LogP contribution is 2.32. The predicted molar refractivity (Wildman–Crippen MR) is 66.4 cm³/mol. The SMILES string of the molecule is CCN(CC)CCC1OCc2ccccc21. The van der Waals surface area contributed by atoms with E-state index in [9.17, 15) is 0 Å². The van der Waals surface area contributed by atoms with Crippen molar-refractivity contribution >= 4 is 0 Å². The highest BCUT2D eigenvalue weighted by atomic mass is 16.5. The fraction of sp³-hybridized carbons (Fsp3) is 0.571. The van der Waals surface area contributed by atoms with Gasteiger partial charge in [0.05, 0.1) is 12.7 Å². The molecule has 1 unspecified atom stereocenters. The molecule has 0 amide bonds. The zero-order valence-corrected chi connectivity index (χ0v) is 10.3. The number of ether oxygens (including phenoxy) is 1. The second-order valence-electron chi connectivity index (χ2n) is 4.31. The van der Waals surface area contributed by atoms with Crippen LogP contribution < -0.4 is 0 Å². The lowest BCUT2D eigenvalue weighted by Gasteiger charge is -2.20. The highest BCUT2D eigenvalue weighted by Gasteiger charge is 2.22. The van der Waals surface area contributed by atoms with Crippen molar-refractivity contribution in [1.82, 2.24) is 4.90 Å². The Bertz CT molecular complexity index is 333. The van der Waals surface area contributed by atoms with Gasteiger partial charge in [-0.15, -0.1) is 0 Å². The molecule has 0 spiro atoms. The smallest absolute Gasteiger partial charge is 0.0845 e. The van der Waals surface area contributed by atoms with E-state index in [0.29, 0.717) is 6.10 Å². The van der Waals surface area contributed by atoms with E-state index in [1.165, 1.54) is 11.1 Å². The van der Waals surface area contributed by atoms with E-state index in [0.717, 1.165) is 32.7 Å². The molecule has 0 radical (unpaired) electrons. The Labute approximate surface area is 98.2 Å². The molecule has 16 heavy (non-hydrogen) atoms. The van der Waals surface area contributed by atoms with Crippen LogP contribution in [0.4, 0.5) is 0 Å². The van der Waals surface area contributed by atoms with Crippen molar-refractivity contribution in [3.05, 3.63) is 35.4 Å². The van der Waals surface area contributed by atoms with E-state index in [2.05, 4.69) is 43.0 Å². The monoisotopic (exact) mass is 219 g/mol. The second-order valence-corrected chi connectivity index (χ2v) is 4.31. The van der Waals surface area contributed by atoms with Crippen molar-refractivity contribution in [2.45, 2.75) is 33.0 Å². The number of hydrogen-bond acceptors (Lipinski definition) is 2. The molecule has 0 fully saturated rings. The third-order valence-electron chi connectivity index (χ3n) is 3.44. The normalized spacial score (nSPS) is 19.1. The lowest BCUT2D eigenvalue weighted by atomic mass is 10.0. The minimum absolute atomic E-state index is 0.316. The maximum Gasteiger partial charge on any atom is 0.0845 e. The summed E-state index contributed by atoms with van der Waals surface area (Å²) in [7, 11) is 0. The third kappa shape index (κ3) is 2.45. The maximum atomic E-state index is 5.84. The Balaban J connectivity index is 1.93. The first-order valence-electron chi connectivity index (χ1n) is 6.27. The van der Waals surface area contributed by atoms with Gasteiger partial charge >= 0.3 is 0 Å². The van der Waals surface area contributed by atoms with Crippen LogP contribution in [0, 0.1) is 0 Å². The number of hydrogen-bond donors (Lipinski definition) is 0. The molecule has 1 heterocycles. The van der Waals surface area contributed by atoms with Crippen LogP contribution in [-0.2, 0) is 11.3 Å². The highest BCUT2D eigenvalue weighted by molar-refractivity contribution is 5.31. The van der Waals surface area contributed by atoms with Crippen LogP contribution in [0.3, 0.4) is 0 Å². The van der Waals surface area contributed by atoms with Crippen LogP contribution in [0.15, 0.2) is 24.3 Å². The van der Waals surface area contributed by atoms with Gasteiger partial charge in [-0.1, -0.05) is 38.1 Å². The van der Waals surface area contributed by atoms with Crippen molar-refractivity contribution in [2.24, 2.45) is 0 Å². The average molecular weight is 219 g/mol. The van der Waals surface area contributed by atoms with Gasteiger partial charge in [0.15, 0.2) is 0 Å². The van der Waals surface area contributed by atoms with Crippen molar-refractivity contribution in [3.8, 4) is 0 Å². The molecule has 0 saturated heterocycles. The van der Waals surface area contributed by atoms with Gasteiger partial charge in [0.1, 0.15) is 0 Å². The number of rotatable bonds is 5. The first kappa shape index (κ1) is 11.6. The summed E-state index contributed by atoms with van der Waals surface area (Å²) in [6, 6.07) is 8.58. The molecule has 1 aromatic carbocycles. The molecule has 2 rings (SSSR count). The quantitative estimate of drug-likeness (QED) is 0.755. The van der Waals surface area contributed by atoms with E-state index in [4.69, 9.17) is 4.74 Å². The van der Waals surface area contributed by atoms with Crippen molar-refractivity contribution in [1.29, 1.82) is 0 Å². The van der Waals surface area contributed by atoms with Gasteiger partial charge in [-0.2, -0.15) is 0 Å². The lowest BCUT2D eigenvalue weighted by molar-refractivity contribution is 0.0524. The summed E-state index contributed by atoms with van der Waals surface area (Å²) in [5.74, 6) is 0. The van der Waals surface area contributed by atoms with E-state index in [1.54, 1.807) is 0 Å². The number of benzene rings is 1. The van der Waals surface area contributed by atoms with E-state index in [1.807, 2.05) is 0 Å². The van der Waals surface area contributed by atoms with Gasteiger partial charge < -0.3 is 9.64 Å². The number of fused-ring (bicyclic) bond motifs is 1. The molecule has 0 aromatic heterocycles. The Kier molecular flexibility index (Phi) is 3.97. The molecule has 0 N–H and O–H groups in total. The summed E-state index contributed by atoms with van der Waals surface area (Å²) in [6.45, 7) is 8.61. The third-order valence-corrected chi connectivity index (χ3v) is 3.44. The fourth-order valence-electron chi connectivity index (χ4n) is 2.34. The average Bonchev–Trinajstić information content (AvgIpc) is 2.74. The van der Waals surface area contributed by atoms with Gasteiger partial charge in [-0.05, 0) is 30.6 Å². The summed E-state index contributed by atoms with van der Waals surface area (Å²) in [6.07, 6.45) is 1.43. The molecule has 1 atom stereocenters. The zero-order valence-electron chi connectivity index (χ0n) is 10.3. The van der Waals surface area contributed by atoms with Gasteiger partial charge in [0.25, 0.3) is 0 Å². The molecule has 0 saturated carbocycles. The Morgan fingerprint density at radius 2 is 2.00 bits per heavy atom. The molecule has 1 aliphatic heterocycles. The first-order valence-corrected chi connectivity index (χ1v) is 6.27. The van der Waals surface area contributed by atoms with E-state index >= 15 is 0 Å². The summed E-state index contributed by atoms with van der Waals surface area (Å²) in [5.41, 5.74) is 2.77. The van der Waals surface area contributed by atoms with Crippen molar-refractivity contribution in [2.75, 3.05) is 19.6 Å². The van der Waals surface area contributed by atoms with Crippen LogP contribution >= 0.6 is 0 Å². The topological polar surface area (TPSA) is 12.5 Å². The van der Waals surface area contributed by atoms with Crippen LogP contribution in [0.1, 0.15) is 37.5 Å². The first-order chi connectivity index (χ1) is 7.85. The molecular formula is C14H21NO. The van der Waals surface area contributed by atoms with Crippen LogP contribution in [-0.4, -0.2) is 24.5 Å². The van der Waals surface area contributed by atoms with Crippen LogP contribution in [0.5, 0.6) is 0 Å². The lowest BCUT2D eigenvalue weighted by Crippen LogP contribution is -2.25. The number of nitrogens with zero attached hydrogens (tertiary/aromatic N) is 1. The molecule has 0 bridgehead atoms. The molecule has 2 nitrogen and oxygen atoms in total. The Morgan fingerprint density at radius 1 is 1.25 bits per heavy atom. The summed E-state index contributed by atoms with van der Waals surface area (Å²) in [4.78, 5) is 2.45. The predicted octanol–water partition coefficient (Wildman–Crippen LogP) is 2.99. The minimum Gasteiger partial charge on any atom is -0.369 e. The molecule has 1 aromatic rings. The Hall–Kier alpha value is -0.860. The van der Waals surface area contributed by atoms with Crippen molar-refractivity contribution < 1.29 is 4.74 Å². The van der Waals surface area contributed by atoms with Crippen molar-refractivity contribution in [3.63, 3.8) is 0 Å². The summed E-state index contributed by atoms with van der Waals surface area (Å²) in [5, 5.41) is 0. The van der Waals surface area contributed by atoms with Crippen LogP contribution in [0.25, 0.3) is 0 Å². The second kappa shape index (κ2) is 5.46. The molecular weight excluding hydrogens is 198 g/mol. The maximum absolute atomic E-state index is 5.84. The molecule has 0 aliphatic carbocycles. The zero-order chi connectivity index (χ0) is 11.4.